The van der Waals surface area contributed by atoms with Gasteiger partial charge in [-0.05, 0) is 52.3 Å². The van der Waals surface area contributed by atoms with Gasteiger partial charge in [-0.15, -0.1) is 0 Å². The Morgan fingerprint density at radius 2 is 1.84 bits per heavy atom. The van der Waals surface area contributed by atoms with E-state index in [-0.39, 0.29) is 12.5 Å². The van der Waals surface area contributed by atoms with Crippen LogP contribution in [0.3, 0.4) is 0 Å². The second kappa shape index (κ2) is 9.29. The monoisotopic (exact) mass is 426 g/mol. The van der Waals surface area contributed by atoms with Gasteiger partial charge in [0.25, 0.3) is 5.91 Å². The van der Waals surface area contributed by atoms with Gasteiger partial charge in [-0.3, -0.25) is 4.79 Å². The molecule has 0 heterocycles. The van der Waals surface area contributed by atoms with Crippen LogP contribution in [-0.4, -0.2) is 32.9 Å². The lowest BCUT2D eigenvalue weighted by Gasteiger charge is -2.09. The molecule has 132 valence electrons. The van der Waals surface area contributed by atoms with E-state index in [1.807, 2.05) is 0 Å². The molecular formula is C17H16BrClN2O4. The van der Waals surface area contributed by atoms with Crippen LogP contribution in [0.1, 0.15) is 5.56 Å². The minimum atomic E-state index is -0.386. The Labute approximate surface area is 158 Å². The highest BCUT2D eigenvalue weighted by molar-refractivity contribution is 9.10. The van der Waals surface area contributed by atoms with Gasteiger partial charge in [0.05, 0.1) is 20.4 Å². The molecule has 2 aromatic rings. The highest BCUT2D eigenvalue weighted by Crippen LogP contribution is 2.32. The van der Waals surface area contributed by atoms with Gasteiger partial charge < -0.3 is 14.2 Å². The van der Waals surface area contributed by atoms with Crippen LogP contribution in [0.15, 0.2) is 46.0 Å². The first-order chi connectivity index (χ1) is 12.0. The first-order valence-corrected chi connectivity index (χ1v) is 8.32. The van der Waals surface area contributed by atoms with E-state index in [2.05, 4.69) is 26.5 Å². The summed E-state index contributed by atoms with van der Waals surface area (Å²) in [6.07, 6.45) is 1.49. The summed E-state index contributed by atoms with van der Waals surface area (Å²) in [6.45, 7) is -0.161. The third kappa shape index (κ3) is 5.65. The first-order valence-electron chi connectivity index (χ1n) is 7.15. The molecule has 2 aromatic carbocycles. The number of carbonyl (C=O) groups excluding carboxylic acids is 1. The fraction of sp³-hybridized carbons (Fsp3) is 0.176. The Kier molecular flexibility index (Phi) is 7.09. The lowest BCUT2D eigenvalue weighted by Crippen LogP contribution is -2.24. The molecule has 0 fully saturated rings. The largest absolute Gasteiger partial charge is 0.493 e. The third-order valence-corrected chi connectivity index (χ3v) is 4.02. The number of nitrogens with one attached hydrogen (secondary N) is 1. The molecule has 0 aliphatic carbocycles. The van der Waals surface area contributed by atoms with E-state index in [0.29, 0.717) is 22.3 Å². The molecule has 0 aliphatic heterocycles. The second-order valence-electron chi connectivity index (χ2n) is 4.76. The molecule has 0 saturated carbocycles. The minimum absolute atomic E-state index is 0.161. The summed E-state index contributed by atoms with van der Waals surface area (Å²) in [6, 6.07) is 10.2. The fourth-order valence-corrected chi connectivity index (χ4v) is 2.41. The van der Waals surface area contributed by atoms with Gasteiger partial charge in [0.1, 0.15) is 5.75 Å². The van der Waals surface area contributed by atoms with Crippen LogP contribution in [0.2, 0.25) is 5.02 Å². The van der Waals surface area contributed by atoms with Gasteiger partial charge in [0, 0.05) is 15.1 Å². The summed E-state index contributed by atoms with van der Waals surface area (Å²) in [4.78, 5) is 11.7. The fourth-order valence-electron chi connectivity index (χ4n) is 1.85. The molecule has 0 atom stereocenters. The van der Waals surface area contributed by atoms with Crippen molar-refractivity contribution in [2.75, 3.05) is 20.8 Å². The van der Waals surface area contributed by atoms with Crippen molar-refractivity contribution in [3.63, 3.8) is 0 Å². The predicted octanol–water partition coefficient (Wildman–Crippen LogP) is 3.65. The molecule has 0 aliphatic rings. The summed E-state index contributed by atoms with van der Waals surface area (Å²) >= 11 is 9.19. The molecule has 0 spiro atoms. The standard InChI is InChI=1S/C17H16BrClN2O4/c1-23-15-7-11(14(18)8-16(15)24-2)9-20-21-17(22)10-25-13-5-3-12(19)4-6-13/h3-9H,10H2,1-2H3,(H,21,22). The zero-order valence-corrected chi connectivity index (χ0v) is 15.9. The molecular weight excluding hydrogens is 412 g/mol. The molecule has 25 heavy (non-hydrogen) atoms. The number of rotatable bonds is 7. The van der Waals surface area contributed by atoms with E-state index in [1.165, 1.54) is 6.21 Å². The van der Waals surface area contributed by atoms with Gasteiger partial charge in [-0.1, -0.05) is 11.6 Å². The molecule has 2 rings (SSSR count). The maximum atomic E-state index is 11.7. The number of benzene rings is 2. The van der Waals surface area contributed by atoms with E-state index < -0.39 is 0 Å². The maximum absolute atomic E-state index is 11.7. The Hall–Kier alpha value is -2.25. The lowest BCUT2D eigenvalue weighted by molar-refractivity contribution is -0.123. The molecule has 1 amide bonds. The minimum Gasteiger partial charge on any atom is -0.493 e. The number of methoxy groups -OCH3 is 2. The first kappa shape index (κ1) is 19.1. The summed E-state index contributed by atoms with van der Waals surface area (Å²) in [5.41, 5.74) is 3.11. The Morgan fingerprint density at radius 1 is 1.20 bits per heavy atom. The van der Waals surface area contributed by atoms with Gasteiger partial charge in [-0.2, -0.15) is 5.10 Å². The number of halogens is 2. The molecule has 8 heteroatoms. The van der Waals surface area contributed by atoms with Crippen LogP contribution in [0.25, 0.3) is 0 Å². The number of hydrazone groups is 1. The van der Waals surface area contributed by atoms with E-state index >= 15 is 0 Å². The van der Waals surface area contributed by atoms with Gasteiger partial charge >= 0.3 is 0 Å². The smallest absolute Gasteiger partial charge is 0.277 e. The van der Waals surface area contributed by atoms with Crippen LogP contribution in [0.4, 0.5) is 0 Å². The molecule has 0 bridgehead atoms. The highest BCUT2D eigenvalue weighted by Gasteiger charge is 2.08. The number of amides is 1. The van der Waals surface area contributed by atoms with Crippen LogP contribution in [0.5, 0.6) is 17.2 Å². The van der Waals surface area contributed by atoms with Crippen molar-refractivity contribution in [1.82, 2.24) is 5.43 Å². The Morgan fingerprint density at radius 3 is 2.48 bits per heavy atom. The lowest BCUT2D eigenvalue weighted by atomic mass is 10.2. The van der Waals surface area contributed by atoms with E-state index in [1.54, 1.807) is 50.6 Å². The number of carbonyl (C=O) groups is 1. The summed E-state index contributed by atoms with van der Waals surface area (Å²) in [5.74, 6) is 1.31. The summed E-state index contributed by atoms with van der Waals surface area (Å²) in [5, 5.41) is 4.51. The SMILES string of the molecule is COc1cc(Br)c(C=NNC(=O)COc2ccc(Cl)cc2)cc1OC. The van der Waals surface area contributed by atoms with Crippen molar-refractivity contribution >= 4 is 39.7 Å². The number of hydrogen-bond donors (Lipinski definition) is 1. The van der Waals surface area contributed by atoms with Crippen molar-refractivity contribution in [1.29, 1.82) is 0 Å². The molecule has 1 N–H and O–H groups in total. The highest BCUT2D eigenvalue weighted by atomic mass is 79.9. The topological polar surface area (TPSA) is 69.2 Å². The predicted molar refractivity (Wildman–Crippen MR) is 99.9 cm³/mol. The summed E-state index contributed by atoms with van der Waals surface area (Å²) in [7, 11) is 3.10. The zero-order valence-electron chi connectivity index (χ0n) is 13.6. The van der Waals surface area contributed by atoms with E-state index in [4.69, 9.17) is 25.8 Å². The molecule has 0 saturated heterocycles. The van der Waals surface area contributed by atoms with Crippen LogP contribution < -0.4 is 19.6 Å². The van der Waals surface area contributed by atoms with E-state index in [0.717, 1.165) is 10.0 Å². The number of hydrogen-bond acceptors (Lipinski definition) is 5. The number of nitrogens with zero attached hydrogens (tertiary/aromatic N) is 1. The van der Waals surface area contributed by atoms with Crippen molar-refractivity contribution in [3.8, 4) is 17.2 Å². The van der Waals surface area contributed by atoms with Crippen LogP contribution in [-0.2, 0) is 4.79 Å². The molecule has 0 unspecified atom stereocenters. The second-order valence-corrected chi connectivity index (χ2v) is 6.06. The average molecular weight is 428 g/mol. The Bertz CT molecular complexity index is 766. The zero-order chi connectivity index (χ0) is 18.2. The van der Waals surface area contributed by atoms with Crippen molar-refractivity contribution in [3.05, 3.63) is 51.5 Å². The third-order valence-electron chi connectivity index (χ3n) is 3.08. The molecule has 0 radical (unpaired) electrons. The Balaban J connectivity index is 1.91. The van der Waals surface area contributed by atoms with Gasteiger partial charge in [0.15, 0.2) is 18.1 Å². The van der Waals surface area contributed by atoms with E-state index in [9.17, 15) is 4.79 Å². The van der Waals surface area contributed by atoms with Crippen LogP contribution in [0, 0.1) is 0 Å². The summed E-state index contributed by atoms with van der Waals surface area (Å²) < 4.78 is 16.5. The van der Waals surface area contributed by atoms with Gasteiger partial charge in [0.2, 0.25) is 0 Å². The average Bonchev–Trinajstić information content (AvgIpc) is 2.62. The molecule has 6 nitrogen and oxygen atoms in total. The number of ether oxygens (including phenoxy) is 3. The van der Waals surface area contributed by atoms with Crippen molar-refractivity contribution in [2.24, 2.45) is 5.10 Å². The van der Waals surface area contributed by atoms with Crippen LogP contribution >= 0.6 is 27.5 Å². The van der Waals surface area contributed by atoms with Gasteiger partial charge in [-0.25, -0.2) is 5.43 Å². The van der Waals surface area contributed by atoms with Crippen molar-refractivity contribution < 1.29 is 19.0 Å². The normalized spacial score (nSPS) is 10.6. The quantitative estimate of drug-likeness (QED) is 0.541. The maximum Gasteiger partial charge on any atom is 0.277 e. The van der Waals surface area contributed by atoms with Crippen molar-refractivity contribution in [2.45, 2.75) is 0 Å². The molecule has 0 aromatic heterocycles.